The second-order valence-corrected chi connectivity index (χ2v) is 7.84. The van der Waals surface area contributed by atoms with Crippen LogP contribution in [0.1, 0.15) is 25.3 Å². The highest BCUT2D eigenvalue weighted by atomic mass is 32.2. The number of amides is 1. The molecule has 0 spiro atoms. The van der Waals surface area contributed by atoms with E-state index in [0.717, 1.165) is 0 Å². The number of halogens is 2. The summed E-state index contributed by atoms with van der Waals surface area (Å²) in [4.78, 5) is 11.8. The van der Waals surface area contributed by atoms with Crippen LogP contribution in [0.25, 0.3) is 0 Å². The fourth-order valence-electron chi connectivity index (χ4n) is 2.43. The van der Waals surface area contributed by atoms with Crippen molar-refractivity contribution in [3.63, 3.8) is 0 Å². The van der Waals surface area contributed by atoms with Gasteiger partial charge < -0.3 is 4.74 Å². The summed E-state index contributed by atoms with van der Waals surface area (Å²) < 4.78 is 51.1. The molecule has 1 heterocycles. The lowest BCUT2D eigenvalue weighted by Gasteiger charge is -2.07. The third-order valence-corrected chi connectivity index (χ3v) is 5.48. The molecule has 1 aromatic carbocycles. The SMILES string of the molecule is C/C(=N/NC(=O)C[C@H]1CCS(=O)(=O)C1)c1ccc(OC(F)F)cc1. The number of hydrazone groups is 1. The van der Waals surface area contributed by atoms with E-state index in [0.29, 0.717) is 17.7 Å². The largest absolute Gasteiger partial charge is 0.435 e. The zero-order valence-electron chi connectivity index (χ0n) is 13.0. The summed E-state index contributed by atoms with van der Waals surface area (Å²) in [7, 11) is -3.01. The lowest BCUT2D eigenvalue weighted by atomic mass is 10.1. The van der Waals surface area contributed by atoms with Gasteiger partial charge in [-0.25, -0.2) is 13.8 Å². The van der Waals surface area contributed by atoms with Gasteiger partial charge in [-0.2, -0.15) is 13.9 Å². The van der Waals surface area contributed by atoms with Gasteiger partial charge in [0.15, 0.2) is 9.84 Å². The molecule has 2 rings (SSSR count). The lowest BCUT2D eigenvalue weighted by molar-refractivity contribution is -0.121. The number of benzene rings is 1. The molecule has 0 saturated carbocycles. The van der Waals surface area contributed by atoms with E-state index in [1.807, 2.05) is 0 Å². The van der Waals surface area contributed by atoms with Crippen molar-refractivity contribution in [2.45, 2.75) is 26.4 Å². The molecular weight excluding hydrogens is 342 g/mol. The number of nitrogens with zero attached hydrogens (tertiary/aromatic N) is 1. The van der Waals surface area contributed by atoms with Crippen LogP contribution in [0.2, 0.25) is 0 Å². The number of carbonyl (C=O) groups is 1. The molecule has 0 radical (unpaired) electrons. The van der Waals surface area contributed by atoms with Crippen molar-refractivity contribution in [1.82, 2.24) is 5.43 Å². The fourth-order valence-corrected chi connectivity index (χ4v) is 4.29. The summed E-state index contributed by atoms with van der Waals surface area (Å²) in [5.41, 5.74) is 3.52. The molecule has 1 N–H and O–H groups in total. The van der Waals surface area contributed by atoms with E-state index in [4.69, 9.17) is 0 Å². The molecule has 1 aliphatic heterocycles. The van der Waals surface area contributed by atoms with Crippen LogP contribution in [0.3, 0.4) is 0 Å². The second kappa shape index (κ2) is 7.69. The zero-order chi connectivity index (χ0) is 17.7. The fraction of sp³-hybridized carbons (Fsp3) is 0.467. The normalized spacial score (nSPS) is 20.2. The molecule has 6 nitrogen and oxygen atoms in total. The smallest absolute Gasteiger partial charge is 0.387 e. The van der Waals surface area contributed by atoms with Crippen LogP contribution in [0, 0.1) is 5.92 Å². The minimum absolute atomic E-state index is 0.0352. The van der Waals surface area contributed by atoms with Crippen LogP contribution in [0.5, 0.6) is 5.75 Å². The quantitative estimate of drug-likeness (QED) is 0.621. The Balaban J connectivity index is 1.87. The van der Waals surface area contributed by atoms with E-state index < -0.39 is 16.4 Å². The molecule has 1 fully saturated rings. The summed E-state index contributed by atoms with van der Waals surface area (Å²) >= 11 is 0. The molecule has 0 unspecified atom stereocenters. The summed E-state index contributed by atoms with van der Waals surface area (Å²) in [5, 5.41) is 3.94. The maximum Gasteiger partial charge on any atom is 0.387 e. The standard InChI is InChI=1S/C15H18F2N2O4S/c1-10(12-2-4-13(5-3-12)23-15(16)17)18-19-14(20)8-11-6-7-24(21,22)9-11/h2-5,11,15H,6-9H2,1H3,(H,19,20)/b18-10-/t11-/m1/s1. The Bertz CT molecular complexity index is 717. The topological polar surface area (TPSA) is 84.8 Å². The Morgan fingerprint density at radius 3 is 2.58 bits per heavy atom. The van der Waals surface area contributed by atoms with Gasteiger partial charge in [0.2, 0.25) is 5.91 Å². The highest BCUT2D eigenvalue weighted by molar-refractivity contribution is 7.91. The van der Waals surface area contributed by atoms with Crippen molar-refractivity contribution in [3.8, 4) is 5.75 Å². The van der Waals surface area contributed by atoms with Crippen LogP contribution in [0.4, 0.5) is 8.78 Å². The van der Waals surface area contributed by atoms with Gasteiger partial charge in [-0.3, -0.25) is 4.79 Å². The Hall–Kier alpha value is -2.03. The van der Waals surface area contributed by atoms with E-state index in [1.165, 1.54) is 12.1 Å². The van der Waals surface area contributed by atoms with Gasteiger partial charge in [-0.1, -0.05) is 0 Å². The molecule has 1 saturated heterocycles. The van der Waals surface area contributed by atoms with Gasteiger partial charge >= 0.3 is 6.61 Å². The Morgan fingerprint density at radius 1 is 1.38 bits per heavy atom. The van der Waals surface area contributed by atoms with Crippen LogP contribution in [-0.4, -0.2) is 38.2 Å². The molecule has 0 bridgehead atoms. The van der Waals surface area contributed by atoms with Crippen molar-refractivity contribution < 1.29 is 26.7 Å². The summed E-state index contributed by atoms with van der Waals surface area (Å²) in [6.45, 7) is -1.23. The molecule has 1 amide bonds. The molecular formula is C15H18F2N2O4S. The molecule has 0 aliphatic carbocycles. The van der Waals surface area contributed by atoms with Gasteiger partial charge in [0.25, 0.3) is 0 Å². The Kier molecular flexibility index (Phi) is 5.87. The van der Waals surface area contributed by atoms with Crippen molar-refractivity contribution in [1.29, 1.82) is 0 Å². The summed E-state index contributed by atoms with van der Waals surface area (Å²) in [6, 6.07) is 5.86. The highest BCUT2D eigenvalue weighted by Gasteiger charge is 2.29. The first kappa shape index (κ1) is 18.3. The van der Waals surface area contributed by atoms with Gasteiger partial charge in [0, 0.05) is 6.42 Å². The number of sulfone groups is 1. The number of carbonyl (C=O) groups excluding carboxylic acids is 1. The first-order chi connectivity index (χ1) is 11.2. The molecule has 1 aliphatic rings. The second-order valence-electron chi connectivity index (χ2n) is 5.61. The van der Waals surface area contributed by atoms with E-state index in [-0.39, 0.29) is 35.5 Å². The maximum absolute atomic E-state index is 12.1. The predicted octanol–water partition coefficient (Wildman–Crippen LogP) is 1.95. The molecule has 1 atom stereocenters. The van der Waals surface area contributed by atoms with E-state index >= 15 is 0 Å². The number of nitrogens with one attached hydrogen (secondary N) is 1. The van der Waals surface area contributed by atoms with Crippen LogP contribution in [0.15, 0.2) is 29.4 Å². The Morgan fingerprint density at radius 2 is 2.04 bits per heavy atom. The number of hydrogen-bond acceptors (Lipinski definition) is 5. The van der Waals surface area contributed by atoms with Gasteiger partial charge in [0.05, 0.1) is 17.2 Å². The number of ether oxygens (including phenoxy) is 1. The molecule has 0 aromatic heterocycles. The van der Waals surface area contributed by atoms with Crippen molar-refractivity contribution in [2.24, 2.45) is 11.0 Å². The molecule has 1 aromatic rings. The minimum atomic E-state index is -3.01. The average molecular weight is 360 g/mol. The van der Waals surface area contributed by atoms with E-state index in [9.17, 15) is 22.0 Å². The third-order valence-electron chi connectivity index (χ3n) is 3.65. The predicted molar refractivity (Wildman–Crippen MR) is 84.8 cm³/mol. The first-order valence-corrected chi connectivity index (χ1v) is 9.16. The van der Waals surface area contributed by atoms with E-state index in [1.54, 1.807) is 19.1 Å². The monoisotopic (exact) mass is 360 g/mol. The number of rotatable bonds is 6. The zero-order valence-corrected chi connectivity index (χ0v) is 13.9. The van der Waals surface area contributed by atoms with Crippen molar-refractivity contribution in [3.05, 3.63) is 29.8 Å². The van der Waals surface area contributed by atoms with E-state index in [2.05, 4.69) is 15.3 Å². The lowest BCUT2D eigenvalue weighted by Crippen LogP contribution is -2.22. The third kappa shape index (κ3) is 5.55. The van der Waals surface area contributed by atoms with Crippen LogP contribution >= 0.6 is 0 Å². The molecule has 132 valence electrons. The Labute approximate surface area is 138 Å². The summed E-state index contributed by atoms with van der Waals surface area (Å²) in [6.07, 6.45) is 0.598. The molecule has 24 heavy (non-hydrogen) atoms. The minimum Gasteiger partial charge on any atom is -0.435 e. The maximum atomic E-state index is 12.1. The first-order valence-electron chi connectivity index (χ1n) is 7.34. The van der Waals surface area contributed by atoms with Gasteiger partial charge in [-0.05, 0) is 49.1 Å². The van der Waals surface area contributed by atoms with Crippen molar-refractivity contribution >= 4 is 21.5 Å². The molecule has 9 heteroatoms. The summed E-state index contributed by atoms with van der Waals surface area (Å²) in [5.74, 6) is -0.326. The number of hydrogen-bond donors (Lipinski definition) is 1. The van der Waals surface area contributed by atoms with Gasteiger partial charge in [0.1, 0.15) is 5.75 Å². The average Bonchev–Trinajstić information content (AvgIpc) is 2.83. The van der Waals surface area contributed by atoms with Crippen molar-refractivity contribution in [2.75, 3.05) is 11.5 Å². The van der Waals surface area contributed by atoms with Crippen LogP contribution < -0.4 is 10.2 Å². The van der Waals surface area contributed by atoms with Crippen LogP contribution in [-0.2, 0) is 14.6 Å². The van der Waals surface area contributed by atoms with Gasteiger partial charge in [-0.15, -0.1) is 0 Å². The highest BCUT2D eigenvalue weighted by Crippen LogP contribution is 2.21. The number of alkyl halides is 2.